The lowest BCUT2D eigenvalue weighted by Crippen LogP contribution is -2.26. The monoisotopic (exact) mass is 262 g/mol. The summed E-state index contributed by atoms with van der Waals surface area (Å²) in [6.07, 6.45) is 0.514. The number of sulfone groups is 1. The van der Waals surface area contributed by atoms with E-state index in [1.165, 1.54) is 0 Å². The number of hydrogen-bond donors (Lipinski definition) is 1. The van der Waals surface area contributed by atoms with E-state index >= 15 is 0 Å². The summed E-state index contributed by atoms with van der Waals surface area (Å²) in [4.78, 5) is 0. The summed E-state index contributed by atoms with van der Waals surface area (Å²) >= 11 is 5.72. The average Bonchev–Trinajstić information content (AvgIpc) is 2.17. The molecule has 0 radical (unpaired) electrons. The van der Waals surface area contributed by atoms with Gasteiger partial charge < -0.3 is 5.11 Å². The van der Waals surface area contributed by atoms with Crippen LogP contribution in [0.2, 0.25) is 5.02 Å². The first kappa shape index (κ1) is 13.5. The summed E-state index contributed by atoms with van der Waals surface area (Å²) in [6, 6.07) is 6.55. The average molecular weight is 263 g/mol. The Morgan fingerprint density at radius 2 is 1.81 bits per heavy atom. The molecule has 16 heavy (non-hydrogen) atoms. The molecule has 0 bridgehead atoms. The Hall–Kier alpha value is -0.580. The third kappa shape index (κ3) is 3.20. The summed E-state index contributed by atoms with van der Waals surface area (Å²) in [7, 11) is -3.26. The van der Waals surface area contributed by atoms with Crippen LogP contribution in [0.25, 0.3) is 0 Å². The predicted molar refractivity (Wildman–Crippen MR) is 65.3 cm³/mol. The first-order valence-electron chi connectivity index (χ1n) is 4.98. The molecule has 1 aromatic rings. The maximum atomic E-state index is 11.5. The highest BCUT2D eigenvalue weighted by Crippen LogP contribution is 2.25. The minimum Gasteiger partial charge on any atom is -0.387 e. The molecule has 5 heteroatoms. The van der Waals surface area contributed by atoms with Crippen LogP contribution in [0.1, 0.15) is 25.0 Å². The molecule has 3 nitrogen and oxygen atoms in total. The van der Waals surface area contributed by atoms with Crippen molar-refractivity contribution < 1.29 is 13.5 Å². The fraction of sp³-hybridized carbons (Fsp3) is 0.455. The fourth-order valence-electron chi connectivity index (χ4n) is 1.63. The number of aliphatic hydroxyl groups is 1. The summed E-state index contributed by atoms with van der Waals surface area (Å²) in [5.41, 5.74) is 0.571. The van der Waals surface area contributed by atoms with Crippen molar-refractivity contribution in [2.75, 3.05) is 6.26 Å². The van der Waals surface area contributed by atoms with Gasteiger partial charge >= 0.3 is 0 Å². The van der Waals surface area contributed by atoms with Crippen LogP contribution < -0.4 is 0 Å². The van der Waals surface area contributed by atoms with Gasteiger partial charge in [-0.25, -0.2) is 8.42 Å². The Morgan fingerprint density at radius 3 is 2.19 bits per heavy atom. The van der Waals surface area contributed by atoms with Crippen molar-refractivity contribution in [3.63, 3.8) is 0 Å². The Labute approximate surface area is 101 Å². The smallest absolute Gasteiger partial charge is 0.153 e. The van der Waals surface area contributed by atoms with E-state index in [1.54, 1.807) is 31.2 Å². The summed E-state index contributed by atoms with van der Waals surface area (Å²) in [6.45, 7) is 1.74. The van der Waals surface area contributed by atoms with Crippen molar-refractivity contribution in [3.8, 4) is 0 Å². The minimum atomic E-state index is -3.26. The Kier molecular flexibility index (Phi) is 4.35. The zero-order valence-electron chi connectivity index (χ0n) is 9.22. The van der Waals surface area contributed by atoms with Gasteiger partial charge in [-0.05, 0) is 24.1 Å². The van der Waals surface area contributed by atoms with E-state index in [0.29, 0.717) is 17.0 Å². The van der Waals surface area contributed by atoms with Crippen LogP contribution in [-0.4, -0.2) is 25.0 Å². The van der Waals surface area contributed by atoms with Gasteiger partial charge in [0.1, 0.15) is 0 Å². The highest BCUT2D eigenvalue weighted by Gasteiger charge is 2.28. The standard InChI is InChI=1S/C11H15ClO3S/c1-3-10(16(2,14)15)11(13)8-4-6-9(12)7-5-8/h4-7,10-11,13H,3H2,1-2H3/t10-,11+/m0/s1. The topological polar surface area (TPSA) is 54.4 Å². The maximum absolute atomic E-state index is 11.5. The molecule has 0 amide bonds. The van der Waals surface area contributed by atoms with Crippen molar-refractivity contribution in [2.24, 2.45) is 0 Å². The van der Waals surface area contributed by atoms with E-state index < -0.39 is 21.2 Å². The third-order valence-corrected chi connectivity index (χ3v) is 4.46. The van der Waals surface area contributed by atoms with Gasteiger partial charge in [0.15, 0.2) is 9.84 Å². The molecule has 0 saturated carbocycles. The minimum absolute atomic E-state index is 0.378. The molecule has 0 aliphatic rings. The molecular weight excluding hydrogens is 248 g/mol. The SMILES string of the molecule is CC[C@@H]([C@H](O)c1ccc(Cl)cc1)S(C)(=O)=O. The second kappa shape index (κ2) is 5.17. The van der Waals surface area contributed by atoms with Gasteiger partial charge in [0.25, 0.3) is 0 Å². The van der Waals surface area contributed by atoms with Crippen molar-refractivity contribution in [3.05, 3.63) is 34.9 Å². The molecule has 0 fully saturated rings. The largest absolute Gasteiger partial charge is 0.387 e. The molecule has 0 aliphatic carbocycles. The van der Waals surface area contributed by atoms with Crippen LogP contribution in [0.3, 0.4) is 0 Å². The molecule has 0 unspecified atom stereocenters. The van der Waals surface area contributed by atoms with Crippen LogP contribution in [0.15, 0.2) is 24.3 Å². The number of benzene rings is 1. The van der Waals surface area contributed by atoms with Gasteiger partial charge in [-0.2, -0.15) is 0 Å². The molecule has 1 aromatic carbocycles. The van der Waals surface area contributed by atoms with Crippen LogP contribution in [-0.2, 0) is 9.84 Å². The van der Waals surface area contributed by atoms with Crippen molar-refractivity contribution in [1.82, 2.24) is 0 Å². The summed E-state index contributed by atoms with van der Waals surface area (Å²) < 4.78 is 22.9. The second-order valence-electron chi connectivity index (χ2n) is 3.77. The van der Waals surface area contributed by atoms with E-state index in [4.69, 9.17) is 11.6 Å². The van der Waals surface area contributed by atoms with E-state index in [1.807, 2.05) is 0 Å². The first-order valence-corrected chi connectivity index (χ1v) is 7.32. The first-order chi connectivity index (χ1) is 7.36. The van der Waals surface area contributed by atoms with E-state index in [-0.39, 0.29) is 0 Å². The van der Waals surface area contributed by atoms with Gasteiger partial charge in [0.2, 0.25) is 0 Å². The lowest BCUT2D eigenvalue weighted by molar-refractivity contribution is 0.169. The molecule has 0 aliphatic heterocycles. The third-order valence-electron chi connectivity index (χ3n) is 2.52. The fourth-order valence-corrected chi connectivity index (χ4v) is 2.99. The maximum Gasteiger partial charge on any atom is 0.153 e. The van der Waals surface area contributed by atoms with Gasteiger partial charge in [-0.15, -0.1) is 0 Å². The number of halogens is 1. The van der Waals surface area contributed by atoms with Crippen molar-refractivity contribution >= 4 is 21.4 Å². The van der Waals surface area contributed by atoms with Crippen molar-refractivity contribution in [2.45, 2.75) is 24.7 Å². The Bertz CT molecular complexity index is 439. The van der Waals surface area contributed by atoms with E-state index in [2.05, 4.69) is 0 Å². The number of aliphatic hydroxyl groups excluding tert-OH is 1. The zero-order valence-corrected chi connectivity index (χ0v) is 10.8. The molecule has 90 valence electrons. The normalized spacial score (nSPS) is 15.8. The number of hydrogen-bond acceptors (Lipinski definition) is 3. The van der Waals surface area contributed by atoms with Gasteiger partial charge in [0.05, 0.1) is 11.4 Å². The molecule has 1 rings (SSSR count). The molecule has 1 N–H and O–H groups in total. The van der Waals surface area contributed by atoms with Gasteiger partial charge in [-0.3, -0.25) is 0 Å². The lowest BCUT2D eigenvalue weighted by atomic mass is 10.1. The molecule has 0 saturated heterocycles. The molecule has 0 heterocycles. The summed E-state index contributed by atoms with van der Waals surface area (Å²) in [5.74, 6) is 0. The molecule has 0 aromatic heterocycles. The quantitative estimate of drug-likeness (QED) is 0.905. The predicted octanol–water partition coefficient (Wildman–Crippen LogP) is 2.20. The van der Waals surface area contributed by atoms with Crippen LogP contribution >= 0.6 is 11.6 Å². The van der Waals surface area contributed by atoms with E-state index in [9.17, 15) is 13.5 Å². The Balaban J connectivity index is 3.00. The molecule has 0 spiro atoms. The van der Waals surface area contributed by atoms with Gasteiger partial charge in [-0.1, -0.05) is 30.7 Å². The summed E-state index contributed by atoms with van der Waals surface area (Å²) in [5, 5.41) is 9.77. The van der Waals surface area contributed by atoms with E-state index in [0.717, 1.165) is 6.26 Å². The second-order valence-corrected chi connectivity index (χ2v) is 6.47. The van der Waals surface area contributed by atoms with Crippen molar-refractivity contribution in [1.29, 1.82) is 0 Å². The Morgan fingerprint density at radius 1 is 1.31 bits per heavy atom. The van der Waals surface area contributed by atoms with Gasteiger partial charge in [0, 0.05) is 11.3 Å². The highest BCUT2D eigenvalue weighted by molar-refractivity contribution is 7.91. The zero-order chi connectivity index (χ0) is 12.3. The molecular formula is C11H15ClO3S. The molecule has 2 atom stereocenters. The van der Waals surface area contributed by atoms with Crippen LogP contribution in [0.5, 0.6) is 0 Å². The van der Waals surface area contributed by atoms with Crippen LogP contribution in [0.4, 0.5) is 0 Å². The lowest BCUT2D eigenvalue weighted by Gasteiger charge is -2.20. The van der Waals surface area contributed by atoms with Crippen LogP contribution in [0, 0.1) is 0 Å². The highest BCUT2D eigenvalue weighted by atomic mass is 35.5. The number of rotatable bonds is 4.